The van der Waals surface area contributed by atoms with E-state index in [2.05, 4.69) is 4.90 Å². The standard InChI is InChI=1S/C20H20N4O/c1-22(2)12-13-23-19-14-17(15-8-4-3-5-9-15)21-24(19)18-11-7-6-10-16(18)20(23)25/h3-11,14H,12-13H2,1-2H3. The second kappa shape index (κ2) is 6.18. The van der Waals surface area contributed by atoms with E-state index in [0.29, 0.717) is 11.9 Å². The first-order valence-corrected chi connectivity index (χ1v) is 8.36. The Morgan fingerprint density at radius 1 is 1.00 bits per heavy atom. The lowest BCUT2D eigenvalue weighted by molar-refractivity contribution is 0.383. The van der Waals surface area contributed by atoms with Crippen LogP contribution in [-0.4, -0.2) is 39.7 Å². The smallest absolute Gasteiger partial charge is 0.261 e. The highest BCUT2D eigenvalue weighted by Gasteiger charge is 2.14. The van der Waals surface area contributed by atoms with Crippen LogP contribution in [0, 0.1) is 0 Å². The minimum absolute atomic E-state index is 0.0319. The van der Waals surface area contributed by atoms with E-state index < -0.39 is 0 Å². The highest BCUT2D eigenvalue weighted by molar-refractivity contribution is 5.81. The van der Waals surface area contributed by atoms with Crippen LogP contribution in [0.5, 0.6) is 0 Å². The molecule has 0 saturated heterocycles. The van der Waals surface area contributed by atoms with Crippen LogP contribution in [0.25, 0.3) is 27.8 Å². The predicted molar refractivity (Wildman–Crippen MR) is 101 cm³/mol. The van der Waals surface area contributed by atoms with Gasteiger partial charge >= 0.3 is 0 Å². The zero-order valence-electron chi connectivity index (χ0n) is 14.4. The van der Waals surface area contributed by atoms with E-state index in [1.54, 1.807) is 0 Å². The fraction of sp³-hybridized carbons (Fsp3) is 0.200. The first-order valence-electron chi connectivity index (χ1n) is 8.36. The number of para-hydroxylation sites is 1. The predicted octanol–water partition coefficient (Wildman–Crippen LogP) is 2.88. The number of benzene rings is 2. The lowest BCUT2D eigenvalue weighted by Crippen LogP contribution is -2.28. The fourth-order valence-corrected chi connectivity index (χ4v) is 3.10. The third-order valence-electron chi connectivity index (χ3n) is 4.42. The van der Waals surface area contributed by atoms with Crippen LogP contribution in [-0.2, 0) is 6.54 Å². The van der Waals surface area contributed by atoms with Crippen molar-refractivity contribution in [3.05, 3.63) is 71.0 Å². The minimum atomic E-state index is 0.0319. The average Bonchev–Trinajstić information content (AvgIpc) is 3.07. The van der Waals surface area contributed by atoms with Gasteiger partial charge in [-0.1, -0.05) is 42.5 Å². The van der Waals surface area contributed by atoms with Crippen LogP contribution in [0.15, 0.2) is 65.5 Å². The molecular formula is C20H20N4O. The molecule has 2 aromatic carbocycles. The molecule has 25 heavy (non-hydrogen) atoms. The molecule has 5 nitrogen and oxygen atoms in total. The molecule has 4 aromatic rings. The zero-order chi connectivity index (χ0) is 17.4. The Balaban J connectivity index is 2.02. The summed E-state index contributed by atoms with van der Waals surface area (Å²) in [5.74, 6) is 0. The van der Waals surface area contributed by atoms with Gasteiger partial charge in [0.2, 0.25) is 0 Å². The van der Waals surface area contributed by atoms with Crippen molar-refractivity contribution in [2.24, 2.45) is 0 Å². The van der Waals surface area contributed by atoms with Gasteiger partial charge in [0.25, 0.3) is 5.56 Å². The molecule has 0 saturated carbocycles. The molecule has 0 amide bonds. The van der Waals surface area contributed by atoms with Gasteiger partial charge in [0.1, 0.15) is 5.65 Å². The molecule has 0 bridgehead atoms. The van der Waals surface area contributed by atoms with E-state index in [4.69, 9.17) is 5.10 Å². The van der Waals surface area contributed by atoms with Gasteiger partial charge in [0, 0.05) is 24.7 Å². The highest BCUT2D eigenvalue weighted by atomic mass is 16.1. The lowest BCUT2D eigenvalue weighted by Gasteiger charge is -2.13. The maximum atomic E-state index is 13.0. The van der Waals surface area contributed by atoms with Gasteiger partial charge in [-0.05, 0) is 26.2 Å². The van der Waals surface area contributed by atoms with Crippen LogP contribution in [0.1, 0.15) is 0 Å². The van der Waals surface area contributed by atoms with E-state index >= 15 is 0 Å². The van der Waals surface area contributed by atoms with E-state index in [1.165, 1.54) is 0 Å². The third-order valence-corrected chi connectivity index (χ3v) is 4.42. The van der Waals surface area contributed by atoms with Crippen LogP contribution >= 0.6 is 0 Å². The number of fused-ring (bicyclic) bond motifs is 3. The van der Waals surface area contributed by atoms with Crippen LogP contribution in [0.4, 0.5) is 0 Å². The monoisotopic (exact) mass is 332 g/mol. The van der Waals surface area contributed by atoms with E-state index in [0.717, 1.165) is 29.0 Å². The van der Waals surface area contributed by atoms with Crippen molar-refractivity contribution >= 4 is 16.6 Å². The van der Waals surface area contributed by atoms with Crippen LogP contribution < -0.4 is 5.56 Å². The quantitative estimate of drug-likeness (QED) is 0.577. The molecule has 0 aliphatic heterocycles. The SMILES string of the molecule is CN(C)CCn1c(=O)c2ccccc2n2nc(-c3ccccc3)cc12. The second-order valence-corrected chi connectivity index (χ2v) is 6.44. The maximum absolute atomic E-state index is 13.0. The van der Waals surface area contributed by atoms with Crippen molar-refractivity contribution in [1.82, 2.24) is 19.1 Å². The van der Waals surface area contributed by atoms with Gasteiger partial charge in [0.15, 0.2) is 0 Å². The van der Waals surface area contributed by atoms with E-state index in [9.17, 15) is 4.79 Å². The molecule has 0 aliphatic rings. The van der Waals surface area contributed by atoms with Gasteiger partial charge in [0.05, 0.1) is 16.6 Å². The first kappa shape index (κ1) is 15.6. The molecule has 0 spiro atoms. The average molecular weight is 332 g/mol. The zero-order valence-corrected chi connectivity index (χ0v) is 14.4. The summed E-state index contributed by atoms with van der Waals surface area (Å²) in [6, 6.07) is 19.7. The second-order valence-electron chi connectivity index (χ2n) is 6.44. The van der Waals surface area contributed by atoms with Gasteiger partial charge in [-0.2, -0.15) is 5.10 Å². The summed E-state index contributed by atoms with van der Waals surface area (Å²) in [4.78, 5) is 15.1. The number of rotatable bonds is 4. The van der Waals surface area contributed by atoms with Crippen molar-refractivity contribution in [3.8, 4) is 11.3 Å². The molecule has 5 heteroatoms. The molecular weight excluding hydrogens is 312 g/mol. The largest absolute Gasteiger partial charge is 0.308 e. The summed E-state index contributed by atoms with van der Waals surface area (Å²) in [5, 5.41) is 5.47. The topological polar surface area (TPSA) is 42.5 Å². The van der Waals surface area contributed by atoms with Crippen LogP contribution in [0.3, 0.4) is 0 Å². The summed E-state index contributed by atoms with van der Waals surface area (Å²) >= 11 is 0. The summed E-state index contributed by atoms with van der Waals surface area (Å²) < 4.78 is 3.70. The minimum Gasteiger partial charge on any atom is -0.308 e. The Morgan fingerprint density at radius 2 is 1.72 bits per heavy atom. The third kappa shape index (κ3) is 2.72. The molecule has 0 radical (unpaired) electrons. The van der Waals surface area contributed by atoms with E-state index in [-0.39, 0.29) is 5.56 Å². The molecule has 0 unspecified atom stereocenters. The molecule has 0 N–H and O–H groups in total. The summed E-state index contributed by atoms with van der Waals surface area (Å²) in [6.07, 6.45) is 0. The normalized spacial score (nSPS) is 11.6. The van der Waals surface area contributed by atoms with Crippen molar-refractivity contribution in [2.75, 3.05) is 20.6 Å². The van der Waals surface area contributed by atoms with E-state index in [1.807, 2.05) is 83.8 Å². The number of aromatic nitrogens is 3. The number of nitrogens with zero attached hydrogens (tertiary/aromatic N) is 4. The Labute approximate surface area is 145 Å². The molecule has 126 valence electrons. The van der Waals surface area contributed by atoms with Crippen molar-refractivity contribution in [1.29, 1.82) is 0 Å². The van der Waals surface area contributed by atoms with Crippen molar-refractivity contribution in [3.63, 3.8) is 0 Å². The Hall–Kier alpha value is -2.92. The first-order chi connectivity index (χ1) is 12.1. The van der Waals surface area contributed by atoms with Crippen molar-refractivity contribution < 1.29 is 0 Å². The Kier molecular flexibility index (Phi) is 3.86. The van der Waals surface area contributed by atoms with Crippen molar-refractivity contribution in [2.45, 2.75) is 6.54 Å². The number of hydrogen-bond donors (Lipinski definition) is 0. The summed E-state index contributed by atoms with van der Waals surface area (Å²) in [7, 11) is 4.02. The summed E-state index contributed by atoms with van der Waals surface area (Å²) in [5.41, 5.74) is 3.61. The molecule has 2 aromatic heterocycles. The molecule has 0 atom stereocenters. The lowest BCUT2D eigenvalue weighted by atomic mass is 10.2. The molecule has 0 aliphatic carbocycles. The Bertz CT molecular complexity index is 1090. The van der Waals surface area contributed by atoms with Gasteiger partial charge in [-0.3, -0.25) is 9.36 Å². The summed E-state index contributed by atoms with van der Waals surface area (Å²) in [6.45, 7) is 1.42. The highest BCUT2D eigenvalue weighted by Crippen LogP contribution is 2.21. The van der Waals surface area contributed by atoms with Gasteiger partial charge < -0.3 is 4.90 Å². The number of hydrogen-bond acceptors (Lipinski definition) is 3. The maximum Gasteiger partial charge on any atom is 0.261 e. The molecule has 0 fully saturated rings. The Morgan fingerprint density at radius 3 is 2.48 bits per heavy atom. The van der Waals surface area contributed by atoms with Gasteiger partial charge in [-0.25, -0.2) is 4.52 Å². The molecule has 4 rings (SSSR count). The number of likely N-dealkylation sites (N-methyl/N-ethyl adjacent to an activating group) is 1. The fourth-order valence-electron chi connectivity index (χ4n) is 3.10. The van der Waals surface area contributed by atoms with Crippen LogP contribution in [0.2, 0.25) is 0 Å². The van der Waals surface area contributed by atoms with Gasteiger partial charge in [-0.15, -0.1) is 0 Å². The molecule has 2 heterocycles.